The molecule has 0 fully saturated rings. The maximum atomic E-state index is 12.2. The second-order valence-electron chi connectivity index (χ2n) is 5.29. The van der Waals surface area contributed by atoms with Crippen LogP contribution in [0.25, 0.3) is 11.1 Å². The molecule has 0 aliphatic carbocycles. The molecule has 0 radical (unpaired) electrons. The molecule has 1 unspecified atom stereocenters. The van der Waals surface area contributed by atoms with E-state index in [1.165, 1.54) is 0 Å². The molecule has 0 aliphatic rings. The van der Waals surface area contributed by atoms with Crippen molar-refractivity contribution in [1.82, 2.24) is 4.98 Å². The first-order chi connectivity index (χ1) is 11.0. The van der Waals surface area contributed by atoms with Gasteiger partial charge in [0.15, 0.2) is 11.7 Å². The Morgan fingerprint density at radius 1 is 1.26 bits per heavy atom. The number of ether oxygens (including phenoxy) is 1. The Morgan fingerprint density at radius 2 is 2.09 bits per heavy atom. The second-order valence-corrected chi connectivity index (χ2v) is 5.29. The number of benzene rings is 2. The molecule has 1 atom stereocenters. The molecule has 0 saturated heterocycles. The van der Waals surface area contributed by atoms with Crippen molar-refractivity contribution in [1.29, 1.82) is 0 Å². The van der Waals surface area contributed by atoms with E-state index in [4.69, 9.17) is 9.15 Å². The molecule has 23 heavy (non-hydrogen) atoms. The molecule has 0 saturated carbocycles. The minimum Gasteiger partial charge on any atom is -0.481 e. The number of aryl methyl sites for hydroxylation is 1. The fourth-order valence-electron chi connectivity index (χ4n) is 2.22. The lowest BCUT2D eigenvalue weighted by Crippen LogP contribution is -2.30. The third-order valence-corrected chi connectivity index (χ3v) is 3.36. The number of aromatic amines is 1. The number of H-pyrrole nitrogens is 1. The quantitative estimate of drug-likeness (QED) is 0.776. The van der Waals surface area contributed by atoms with E-state index in [9.17, 15) is 9.59 Å². The summed E-state index contributed by atoms with van der Waals surface area (Å²) in [5.74, 6) is -0.168. The highest BCUT2D eigenvalue weighted by molar-refractivity contribution is 5.95. The summed E-state index contributed by atoms with van der Waals surface area (Å²) >= 11 is 0. The lowest BCUT2D eigenvalue weighted by atomic mass is 10.2. The van der Waals surface area contributed by atoms with Gasteiger partial charge in [-0.15, -0.1) is 0 Å². The van der Waals surface area contributed by atoms with Gasteiger partial charge in [-0.2, -0.15) is 0 Å². The molecule has 6 heteroatoms. The second kappa shape index (κ2) is 6.00. The Hall–Kier alpha value is -3.02. The average Bonchev–Trinajstić information content (AvgIpc) is 2.86. The van der Waals surface area contributed by atoms with Crippen molar-refractivity contribution < 1.29 is 13.9 Å². The largest absolute Gasteiger partial charge is 0.481 e. The monoisotopic (exact) mass is 312 g/mol. The number of carbonyl (C=O) groups excluding carboxylic acids is 1. The third kappa shape index (κ3) is 3.42. The van der Waals surface area contributed by atoms with Crippen LogP contribution in [0.15, 0.2) is 51.7 Å². The summed E-state index contributed by atoms with van der Waals surface area (Å²) in [6.07, 6.45) is -0.657. The van der Waals surface area contributed by atoms with E-state index >= 15 is 0 Å². The topological polar surface area (TPSA) is 84.3 Å². The van der Waals surface area contributed by atoms with Crippen LogP contribution in [0, 0.1) is 6.92 Å². The zero-order chi connectivity index (χ0) is 16.4. The zero-order valence-corrected chi connectivity index (χ0v) is 12.8. The minimum atomic E-state index is -0.657. The number of oxazole rings is 1. The molecule has 3 aromatic rings. The summed E-state index contributed by atoms with van der Waals surface area (Å²) in [7, 11) is 0. The Labute approximate surface area is 132 Å². The summed E-state index contributed by atoms with van der Waals surface area (Å²) in [6, 6.07) is 12.4. The number of nitrogens with one attached hydrogen (secondary N) is 2. The molecule has 6 nitrogen and oxygen atoms in total. The van der Waals surface area contributed by atoms with Gasteiger partial charge in [-0.3, -0.25) is 9.78 Å². The van der Waals surface area contributed by atoms with Crippen molar-refractivity contribution in [3.63, 3.8) is 0 Å². The molecular weight excluding hydrogens is 296 g/mol. The molecule has 1 heterocycles. The SMILES string of the molecule is Cc1cccc(OC(C)C(=O)Nc2ccc3oc(=O)[nH]c3c2)c1. The van der Waals surface area contributed by atoms with Gasteiger partial charge in [0.1, 0.15) is 5.75 Å². The number of amides is 1. The van der Waals surface area contributed by atoms with Gasteiger partial charge in [0.2, 0.25) is 0 Å². The van der Waals surface area contributed by atoms with Crippen LogP contribution in [0.5, 0.6) is 5.75 Å². The first kappa shape index (κ1) is 14.9. The van der Waals surface area contributed by atoms with Crippen LogP contribution in [-0.2, 0) is 4.79 Å². The van der Waals surface area contributed by atoms with Crippen LogP contribution in [0.4, 0.5) is 5.69 Å². The average molecular weight is 312 g/mol. The van der Waals surface area contributed by atoms with E-state index in [-0.39, 0.29) is 5.91 Å². The Morgan fingerprint density at radius 3 is 2.87 bits per heavy atom. The number of carbonyl (C=O) groups is 1. The number of rotatable bonds is 4. The highest BCUT2D eigenvalue weighted by atomic mass is 16.5. The number of fused-ring (bicyclic) bond motifs is 1. The van der Waals surface area contributed by atoms with Gasteiger partial charge in [-0.05, 0) is 49.7 Å². The lowest BCUT2D eigenvalue weighted by molar-refractivity contribution is -0.122. The number of hydrogen-bond acceptors (Lipinski definition) is 4. The Balaban J connectivity index is 1.70. The summed E-state index contributed by atoms with van der Waals surface area (Å²) in [4.78, 5) is 25.9. The number of aromatic nitrogens is 1. The van der Waals surface area contributed by atoms with Crippen molar-refractivity contribution in [2.75, 3.05) is 5.32 Å². The Bertz CT molecular complexity index is 910. The van der Waals surface area contributed by atoms with Crippen LogP contribution in [0.2, 0.25) is 0 Å². The molecular formula is C17H16N2O4. The van der Waals surface area contributed by atoms with Crippen molar-refractivity contribution >= 4 is 22.7 Å². The smallest absolute Gasteiger partial charge is 0.417 e. The van der Waals surface area contributed by atoms with Gasteiger partial charge in [-0.25, -0.2) is 4.79 Å². The molecule has 3 rings (SSSR count). The standard InChI is InChI=1S/C17H16N2O4/c1-10-4-3-5-13(8-10)22-11(2)16(20)18-12-6-7-15-14(9-12)19-17(21)23-15/h3-9,11H,1-2H3,(H,18,20)(H,19,21). The van der Waals surface area contributed by atoms with Gasteiger partial charge >= 0.3 is 5.76 Å². The Kier molecular flexibility index (Phi) is 3.89. The van der Waals surface area contributed by atoms with Crippen LogP contribution < -0.4 is 15.8 Å². The number of hydrogen-bond donors (Lipinski definition) is 2. The van der Waals surface area contributed by atoms with Crippen molar-refractivity contribution in [3.8, 4) is 5.75 Å². The minimum absolute atomic E-state index is 0.281. The van der Waals surface area contributed by atoms with E-state index in [1.807, 2.05) is 25.1 Å². The zero-order valence-electron chi connectivity index (χ0n) is 12.8. The molecule has 118 valence electrons. The summed E-state index contributed by atoms with van der Waals surface area (Å²) in [6.45, 7) is 3.63. The predicted molar refractivity (Wildman–Crippen MR) is 86.7 cm³/mol. The normalized spacial score (nSPS) is 12.1. The van der Waals surface area contributed by atoms with Gasteiger partial charge < -0.3 is 14.5 Å². The first-order valence-electron chi connectivity index (χ1n) is 7.18. The summed E-state index contributed by atoms with van der Waals surface area (Å²) in [5.41, 5.74) is 2.58. The van der Waals surface area contributed by atoms with Crippen molar-refractivity contribution in [3.05, 3.63) is 58.6 Å². The fraction of sp³-hybridized carbons (Fsp3) is 0.176. The van der Waals surface area contributed by atoms with Gasteiger partial charge in [0.25, 0.3) is 5.91 Å². The van der Waals surface area contributed by atoms with Crippen molar-refractivity contribution in [2.45, 2.75) is 20.0 Å². The summed E-state index contributed by atoms with van der Waals surface area (Å²) in [5, 5.41) is 2.75. The maximum Gasteiger partial charge on any atom is 0.417 e. The summed E-state index contributed by atoms with van der Waals surface area (Å²) < 4.78 is 10.5. The predicted octanol–water partition coefficient (Wildman–Crippen LogP) is 2.84. The van der Waals surface area contributed by atoms with E-state index in [1.54, 1.807) is 31.2 Å². The third-order valence-electron chi connectivity index (χ3n) is 3.36. The van der Waals surface area contributed by atoms with E-state index < -0.39 is 11.9 Å². The fourth-order valence-corrected chi connectivity index (χ4v) is 2.22. The van der Waals surface area contributed by atoms with Crippen molar-refractivity contribution in [2.24, 2.45) is 0 Å². The molecule has 0 aliphatic heterocycles. The maximum absolute atomic E-state index is 12.2. The van der Waals surface area contributed by atoms with Gasteiger partial charge in [-0.1, -0.05) is 12.1 Å². The molecule has 0 spiro atoms. The molecule has 2 N–H and O–H groups in total. The molecule has 0 bridgehead atoms. The highest BCUT2D eigenvalue weighted by Crippen LogP contribution is 2.18. The van der Waals surface area contributed by atoms with Crippen LogP contribution in [-0.4, -0.2) is 17.0 Å². The molecule has 1 amide bonds. The van der Waals surface area contributed by atoms with E-state index in [0.29, 0.717) is 22.5 Å². The van der Waals surface area contributed by atoms with Gasteiger partial charge in [0, 0.05) is 5.69 Å². The number of anilines is 1. The lowest BCUT2D eigenvalue weighted by Gasteiger charge is -2.15. The molecule has 2 aromatic carbocycles. The van der Waals surface area contributed by atoms with E-state index in [2.05, 4.69) is 10.3 Å². The highest BCUT2D eigenvalue weighted by Gasteiger charge is 2.15. The van der Waals surface area contributed by atoms with Crippen LogP contribution >= 0.6 is 0 Å². The van der Waals surface area contributed by atoms with Crippen LogP contribution in [0.3, 0.4) is 0 Å². The van der Waals surface area contributed by atoms with Crippen LogP contribution in [0.1, 0.15) is 12.5 Å². The molecule has 1 aromatic heterocycles. The first-order valence-corrected chi connectivity index (χ1v) is 7.18. The van der Waals surface area contributed by atoms with E-state index in [0.717, 1.165) is 5.56 Å². The van der Waals surface area contributed by atoms with Gasteiger partial charge in [0.05, 0.1) is 5.52 Å².